The second-order valence-corrected chi connectivity index (χ2v) is 5.58. The second-order valence-electron chi connectivity index (χ2n) is 5.58. The molecule has 0 aliphatic rings. The van der Waals surface area contributed by atoms with Crippen LogP contribution in [0.15, 0.2) is 30.5 Å². The minimum absolute atomic E-state index is 0.109. The molecule has 0 aliphatic heterocycles. The first-order chi connectivity index (χ1) is 12.4. The number of hydrogen-bond donors (Lipinski definition) is 0. The Balaban J connectivity index is 2.33. The number of anilines is 2. The summed E-state index contributed by atoms with van der Waals surface area (Å²) in [5, 5.41) is 0. The van der Waals surface area contributed by atoms with Crippen LogP contribution in [0, 0.1) is 0 Å². The number of halogens is 3. The summed E-state index contributed by atoms with van der Waals surface area (Å²) in [6.45, 7) is 4.48. The third-order valence-electron chi connectivity index (χ3n) is 3.60. The third-order valence-corrected chi connectivity index (χ3v) is 3.60. The first-order valence-electron chi connectivity index (χ1n) is 8.40. The summed E-state index contributed by atoms with van der Waals surface area (Å²) in [6, 6.07) is 7.15. The zero-order valence-electron chi connectivity index (χ0n) is 15.0. The Morgan fingerprint density at radius 3 is 2.58 bits per heavy atom. The molecular weight excluding hydrogens is 347 g/mol. The fourth-order valence-electron chi connectivity index (χ4n) is 2.20. The maximum atomic E-state index is 13.2. The van der Waals surface area contributed by atoms with Crippen LogP contribution in [0.4, 0.5) is 24.8 Å². The van der Waals surface area contributed by atoms with Crippen molar-refractivity contribution in [3.63, 3.8) is 0 Å². The number of unbranched alkanes of at least 4 members (excludes halogenated alkanes) is 1. The number of benzene rings is 1. The van der Waals surface area contributed by atoms with Gasteiger partial charge in [-0.15, -0.1) is 0 Å². The fraction of sp³-hybridized carbons (Fsp3) is 0.444. The molecule has 0 saturated heterocycles. The predicted molar refractivity (Wildman–Crippen MR) is 93.1 cm³/mol. The SMILES string of the molecule is CCCCOc1nc(N(C)c2cccc(OCC)c2)ncc1C(F)(F)F. The smallest absolute Gasteiger partial charge is 0.423 e. The van der Waals surface area contributed by atoms with Crippen LogP contribution in [0.5, 0.6) is 11.6 Å². The molecule has 0 spiro atoms. The Labute approximate surface area is 150 Å². The molecule has 1 heterocycles. The normalized spacial score (nSPS) is 11.3. The largest absolute Gasteiger partial charge is 0.494 e. The van der Waals surface area contributed by atoms with Crippen molar-refractivity contribution in [2.24, 2.45) is 0 Å². The van der Waals surface area contributed by atoms with Crippen molar-refractivity contribution in [1.29, 1.82) is 0 Å². The predicted octanol–water partition coefficient (Wildman–Crippen LogP) is 4.84. The van der Waals surface area contributed by atoms with Gasteiger partial charge >= 0.3 is 6.18 Å². The standard InChI is InChI=1S/C18H22F3N3O2/c1-4-6-10-26-16-15(18(19,20)21)12-22-17(23-16)24(3)13-8-7-9-14(11-13)25-5-2/h7-9,11-12H,4-6,10H2,1-3H3. The van der Waals surface area contributed by atoms with E-state index in [1.807, 2.05) is 13.8 Å². The number of hydrogen-bond acceptors (Lipinski definition) is 5. The van der Waals surface area contributed by atoms with E-state index in [1.165, 1.54) is 0 Å². The second kappa shape index (κ2) is 8.73. The lowest BCUT2D eigenvalue weighted by Gasteiger charge is -2.20. The average molecular weight is 369 g/mol. The fourth-order valence-corrected chi connectivity index (χ4v) is 2.20. The van der Waals surface area contributed by atoms with E-state index >= 15 is 0 Å². The Morgan fingerprint density at radius 2 is 1.92 bits per heavy atom. The summed E-state index contributed by atoms with van der Waals surface area (Å²) in [4.78, 5) is 9.43. The molecule has 26 heavy (non-hydrogen) atoms. The van der Waals surface area contributed by atoms with Gasteiger partial charge < -0.3 is 14.4 Å². The lowest BCUT2D eigenvalue weighted by Crippen LogP contribution is -2.17. The van der Waals surface area contributed by atoms with Gasteiger partial charge in [-0.25, -0.2) is 4.98 Å². The molecular formula is C18H22F3N3O2. The van der Waals surface area contributed by atoms with Crippen molar-refractivity contribution in [2.45, 2.75) is 32.9 Å². The zero-order chi connectivity index (χ0) is 19.2. The van der Waals surface area contributed by atoms with Gasteiger partial charge in [0, 0.05) is 25.0 Å². The van der Waals surface area contributed by atoms with E-state index < -0.39 is 17.6 Å². The Bertz CT molecular complexity index is 723. The average Bonchev–Trinajstić information content (AvgIpc) is 2.61. The summed E-state index contributed by atoms with van der Waals surface area (Å²) in [5.41, 5.74) is -0.288. The number of rotatable bonds is 8. The van der Waals surface area contributed by atoms with Gasteiger partial charge in [-0.3, -0.25) is 0 Å². The van der Waals surface area contributed by atoms with Gasteiger partial charge in [-0.1, -0.05) is 19.4 Å². The van der Waals surface area contributed by atoms with E-state index in [-0.39, 0.29) is 12.6 Å². The molecule has 0 unspecified atom stereocenters. The molecule has 8 heteroatoms. The molecule has 0 bridgehead atoms. The highest BCUT2D eigenvalue weighted by Gasteiger charge is 2.36. The van der Waals surface area contributed by atoms with Crippen LogP contribution >= 0.6 is 0 Å². The number of nitrogens with zero attached hydrogens (tertiary/aromatic N) is 3. The molecule has 2 rings (SSSR count). The molecule has 0 saturated carbocycles. The highest BCUT2D eigenvalue weighted by Crippen LogP contribution is 2.36. The minimum atomic E-state index is -4.58. The molecule has 0 N–H and O–H groups in total. The summed E-state index contributed by atoms with van der Waals surface area (Å²) < 4.78 is 50.2. The van der Waals surface area contributed by atoms with E-state index in [0.29, 0.717) is 24.5 Å². The molecule has 1 aromatic carbocycles. The Hall–Kier alpha value is -2.51. The molecule has 0 amide bonds. The van der Waals surface area contributed by atoms with Crippen LogP contribution in [0.25, 0.3) is 0 Å². The van der Waals surface area contributed by atoms with Gasteiger partial charge in [0.25, 0.3) is 0 Å². The van der Waals surface area contributed by atoms with E-state index in [2.05, 4.69) is 9.97 Å². The lowest BCUT2D eigenvalue weighted by molar-refractivity contribution is -0.139. The summed E-state index contributed by atoms with van der Waals surface area (Å²) in [5.74, 6) is 0.310. The topological polar surface area (TPSA) is 47.5 Å². The van der Waals surface area contributed by atoms with Crippen molar-refractivity contribution in [3.05, 3.63) is 36.0 Å². The molecule has 0 aliphatic carbocycles. The highest BCUT2D eigenvalue weighted by molar-refractivity contribution is 5.59. The molecule has 0 atom stereocenters. The quantitative estimate of drug-likeness (QED) is 0.623. The maximum Gasteiger partial charge on any atom is 0.423 e. The summed E-state index contributed by atoms with van der Waals surface area (Å²) in [6.07, 6.45) is -2.37. The van der Waals surface area contributed by atoms with Crippen LogP contribution in [0.1, 0.15) is 32.3 Å². The first-order valence-corrected chi connectivity index (χ1v) is 8.40. The molecule has 5 nitrogen and oxygen atoms in total. The van der Waals surface area contributed by atoms with Gasteiger partial charge in [-0.05, 0) is 25.5 Å². The van der Waals surface area contributed by atoms with E-state index in [0.717, 1.165) is 12.6 Å². The molecule has 142 valence electrons. The lowest BCUT2D eigenvalue weighted by atomic mass is 10.3. The molecule has 2 aromatic rings. The molecule has 0 radical (unpaired) electrons. The number of aromatic nitrogens is 2. The van der Waals surface area contributed by atoms with Gasteiger partial charge in [-0.2, -0.15) is 18.2 Å². The Morgan fingerprint density at radius 1 is 1.15 bits per heavy atom. The zero-order valence-corrected chi connectivity index (χ0v) is 15.0. The van der Waals surface area contributed by atoms with Crippen LogP contribution in [-0.4, -0.2) is 30.2 Å². The minimum Gasteiger partial charge on any atom is -0.494 e. The maximum absolute atomic E-state index is 13.2. The van der Waals surface area contributed by atoms with Gasteiger partial charge in [0.15, 0.2) is 0 Å². The van der Waals surface area contributed by atoms with E-state index in [4.69, 9.17) is 9.47 Å². The van der Waals surface area contributed by atoms with Crippen LogP contribution in [-0.2, 0) is 6.18 Å². The number of ether oxygens (including phenoxy) is 2. The van der Waals surface area contributed by atoms with Crippen LogP contribution < -0.4 is 14.4 Å². The number of alkyl halides is 3. The highest BCUT2D eigenvalue weighted by atomic mass is 19.4. The molecule has 1 aromatic heterocycles. The van der Waals surface area contributed by atoms with Crippen LogP contribution in [0.2, 0.25) is 0 Å². The third kappa shape index (κ3) is 5.00. The Kier molecular flexibility index (Phi) is 6.65. The summed E-state index contributed by atoms with van der Waals surface area (Å²) >= 11 is 0. The van der Waals surface area contributed by atoms with Crippen molar-refractivity contribution < 1.29 is 22.6 Å². The summed E-state index contributed by atoms with van der Waals surface area (Å²) in [7, 11) is 1.67. The first kappa shape index (κ1) is 19.8. The van der Waals surface area contributed by atoms with Crippen molar-refractivity contribution >= 4 is 11.6 Å². The van der Waals surface area contributed by atoms with Gasteiger partial charge in [0.1, 0.15) is 11.3 Å². The van der Waals surface area contributed by atoms with Crippen LogP contribution in [0.3, 0.4) is 0 Å². The van der Waals surface area contributed by atoms with Crippen molar-refractivity contribution in [1.82, 2.24) is 9.97 Å². The van der Waals surface area contributed by atoms with E-state index in [9.17, 15) is 13.2 Å². The van der Waals surface area contributed by atoms with Gasteiger partial charge in [0.2, 0.25) is 11.8 Å². The molecule has 0 fully saturated rings. The van der Waals surface area contributed by atoms with Crippen molar-refractivity contribution in [2.75, 3.05) is 25.2 Å². The monoisotopic (exact) mass is 369 g/mol. The van der Waals surface area contributed by atoms with Crippen molar-refractivity contribution in [3.8, 4) is 11.6 Å². The van der Waals surface area contributed by atoms with E-state index in [1.54, 1.807) is 36.2 Å². The van der Waals surface area contributed by atoms with Gasteiger partial charge in [0.05, 0.1) is 13.2 Å².